The molecule has 0 amide bonds. The molecule has 20 heavy (non-hydrogen) atoms. The van der Waals surface area contributed by atoms with E-state index in [1.807, 2.05) is 0 Å². The number of ether oxygens (including phenoxy) is 1. The molecule has 0 fully saturated rings. The molecule has 0 spiro atoms. The molecule has 0 aliphatic heterocycles. The molecule has 3 heteroatoms. The molecule has 1 aromatic rings. The molecular weight excluding hydrogens is 314 g/mol. The molecule has 0 radical (unpaired) electrons. The van der Waals surface area contributed by atoms with Crippen LogP contribution in [0, 0.1) is 0 Å². The third-order valence-electron chi connectivity index (χ3n) is 3.35. The lowest BCUT2D eigenvalue weighted by molar-refractivity contribution is 0.300. The zero-order valence-electron chi connectivity index (χ0n) is 13.0. The second kappa shape index (κ2) is 10.2. The minimum atomic E-state index is 0.489. The van der Waals surface area contributed by atoms with Crippen LogP contribution in [-0.2, 0) is 0 Å². The predicted octanol–water partition coefficient (Wildman–Crippen LogP) is 5.12. The van der Waals surface area contributed by atoms with E-state index < -0.39 is 0 Å². The van der Waals surface area contributed by atoms with Crippen molar-refractivity contribution in [2.24, 2.45) is 0 Å². The molecule has 0 heterocycles. The Morgan fingerprint density at radius 3 is 2.60 bits per heavy atom. The number of hydrogen-bond acceptors (Lipinski definition) is 2. The number of rotatable bonds is 10. The van der Waals surface area contributed by atoms with Crippen molar-refractivity contribution in [3.05, 3.63) is 28.2 Å². The predicted molar refractivity (Wildman–Crippen MR) is 90.7 cm³/mol. The summed E-state index contributed by atoms with van der Waals surface area (Å²) in [6, 6.07) is 6.29. The van der Waals surface area contributed by atoms with Crippen molar-refractivity contribution in [1.29, 1.82) is 0 Å². The zero-order valence-corrected chi connectivity index (χ0v) is 14.6. The summed E-state index contributed by atoms with van der Waals surface area (Å²) < 4.78 is 7.07. The van der Waals surface area contributed by atoms with E-state index in [0.717, 1.165) is 36.3 Å². The van der Waals surface area contributed by atoms with Gasteiger partial charge < -0.3 is 10.1 Å². The minimum Gasteiger partial charge on any atom is -0.493 e. The Morgan fingerprint density at radius 2 is 1.90 bits per heavy atom. The molecular formula is C17H28BrNO. The molecule has 1 N–H and O–H groups in total. The SMILES string of the molecule is CCNCCCCCCOc1ccc(Br)cc1C(C)C. The van der Waals surface area contributed by atoms with Gasteiger partial charge in [0.05, 0.1) is 6.61 Å². The lowest BCUT2D eigenvalue weighted by Gasteiger charge is -2.14. The number of halogens is 1. The highest BCUT2D eigenvalue weighted by atomic mass is 79.9. The van der Waals surface area contributed by atoms with Crippen LogP contribution >= 0.6 is 15.9 Å². The second-order valence-electron chi connectivity index (χ2n) is 5.45. The number of hydrogen-bond donors (Lipinski definition) is 1. The van der Waals surface area contributed by atoms with E-state index in [9.17, 15) is 0 Å². The molecule has 1 rings (SSSR count). The molecule has 0 aliphatic rings. The second-order valence-corrected chi connectivity index (χ2v) is 6.37. The summed E-state index contributed by atoms with van der Waals surface area (Å²) in [6.45, 7) is 9.60. The van der Waals surface area contributed by atoms with Gasteiger partial charge in [0.2, 0.25) is 0 Å². The average Bonchev–Trinajstić information content (AvgIpc) is 2.43. The molecule has 0 aromatic heterocycles. The van der Waals surface area contributed by atoms with Crippen LogP contribution in [0.3, 0.4) is 0 Å². The van der Waals surface area contributed by atoms with Crippen LogP contribution in [0.2, 0.25) is 0 Å². The summed E-state index contributed by atoms with van der Waals surface area (Å²) >= 11 is 3.53. The minimum absolute atomic E-state index is 0.489. The van der Waals surface area contributed by atoms with Crippen molar-refractivity contribution in [3.8, 4) is 5.75 Å². The van der Waals surface area contributed by atoms with Gasteiger partial charge in [0.1, 0.15) is 5.75 Å². The van der Waals surface area contributed by atoms with E-state index in [2.05, 4.69) is 60.2 Å². The summed E-state index contributed by atoms with van der Waals surface area (Å²) in [5, 5.41) is 3.35. The van der Waals surface area contributed by atoms with Crippen molar-refractivity contribution >= 4 is 15.9 Å². The van der Waals surface area contributed by atoms with E-state index in [-0.39, 0.29) is 0 Å². The summed E-state index contributed by atoms with van der Waals surface area (Å²) in [5.74, 6) is 1.53. The van der Waals surface area contributed by atoms with Crippen molar-refractivity contribution in [2.75, 3.05) is 19.7 Å². The number of benzene rings is 1. The van der Waals surface area contributed by atoms with Crippen LogP contribution in [0.25, 0.3) is 0 Å². The van der Waals surface area contributed by atoms with Gasteiger partial charge in [-0.1, -0.05) is 49.5 Å². The van der Waals surface area contributed by atoms with Gasteiger partial charge in [-0.05, 0) is 55.6 Å². The fraction of sp³-hybridized carbons (Fsp3) is 0.647. The molecule has 0 unspecified atom stereocenters. The van der Waals surface area contributed by atoms with E-state index in [1.54, 1.807) is 0 Å². The molecule has 0 bridgehead atoms. The third-order valence-corrected chi connectivity index (χ3v) is 3.84. The fourth-order valence-electron chi connectivity index (χ4n) is 2.17. The topological polar surface area (TPSA) is 21.3 Å². The molecule has 0 atom stereocenters. The first-order chi connectivity index (χ1) is 9.65. The van der Waals surface area contributed by atoms with Gasteiger partial charge in [-0.3, -0.25) is 0 Å². The van der Waals surface area contributed by atoms with Gasteiger partial charge in [-0.2, -0.15) is 0 Å². The maximum absolute atomic E-state index is 5.94. The van der Waals surface area contributed by atoms with Gasteiger partial charge in [0, 0.05) is 4.47 Å². The normalized spacial score (nSPS) is 11.1. The van der Waals surface area contributed by atoms with E-state index in [1.165, 1.54) is 24.8 Å². The number of unbranched alkanes of at least 4 members (excludes halogenated alkanes) is 3. The van der Waals surface area contributed by atoms with Crippen molar-refractivity contribution < 1.29 is 4.74 Å². The van der Waals surface area contributed by atoms with Crippen LogP contribution in [0.1, 0.15) is 57.9 Å². The van der Waals surface area contributed by atoms with Gasteiger partial charge in [-0.25, -0.2) is 0 Å². The van der Waals surface area contributed by atoms with Crippen molar-refractivity contribution in [1.82, 2.24) is 5.32 Å². The van der Waals surface area contributed by atoms with E-state index in [4.69, 9.17) is 4.74 Å². The first-order valence-electron chi connectivity index (χ1n) is 7.78. The average molecular weight is 342 g/mol. The zero-order chi connectivity index (χ0) is 14.8. The van der Waals surface area contributed by atoms with Gasteiger partial charge in [0.15, 0.2) is 0 Å². The summed E-state index contributed by atoms with van der Waals surface area (Å²) in [4.78, 5) is 0. The van der Waals surface area contributed by atoms with Crippen LogP contribution in [0.15, 0.2) is 22.7 Å². The molecule has 2 nitrogen and oxygen atoms in total. The van der Waals surface area contributed by atoms with Crippen LogP contribution in [-0.4, -0.2) is 19.7 Å². The smallest absolute Gasteiger partial charge is 0.122 e. The molecule has 114 valence electrons. The highest BCUT2D eigenvalue weighted by molar-refractivity contribution is 9.10. The van der Waals surface area contributed by atoms with Gasteiger partial charge in [-0.15, -0.1) is 0 Å². The molecule has 0 saturated carbocycles. The van der Waals surface area contributed by atoms with E-state index >= 15 is 0 Å². The third kappa shape index (κ3) is 6.76. The van der Waals surface area contributed by atoms with E-state index in [0.29, 0.717) is 5.92 Å². The lowest BCUT2D eigenvalue weighted by atomic mass is 10.0. The maximum Gasteiger partial charge on any atom is 0.122 e. The van der Waals surface area contributed by atoms with Gasteiger partial charge >= 0.3 is 0 Å². The van der Waals surface area contributed by atoms with Crippen LogP contribution in [0.4, 0.5) is 0 Å². The molecule has 0 saturated heterocycles. The first-order valence-corrected chi connectivity index (χ1v) is 8.57. The maximum atomic E-state index is 5.94. The lowest BCUT2D eigenvalue weighted by Crippen LogP contribution is -2.13. The first kappa shape index (κ1) is 17.5. The summed E-state index contributed by atoms with van der Waals surface area (Å²) in [5.41, 5.74) is 1.28. The molecule has 0 aliphatic carbocycles. The van der Waals surface area contributed by atoms with Crippen molar-refractivity contribution in [2.45, 2.75) is 52.4 Å². The van der Waals surface area contributed by atoms with Crippen molar-refractivity contribution in [3.63, 3.8) is 0 Å². The number of nitrogens with one attached hydrogen (secondary N) is 1. The largest absolute Gasteiger partial charge is 0.493 e. The highest BCUT2D eigenvalue weighted by Gasteiger charge is 2.08. The Hall–Kier alpha value is -0.540. The summed E-state index contributed by atoms with van der Waals surface area (Å²) in [7, 11) is 0. The van der Waals surface area contributed by atoms with Crippen LogP contribution < -0.4 is 10.1 Å². The highest BCUT2D eigenvalue weighted by Crippen LogP contribution is 2.29. The Morgan fingerprint density at radius 1 is 1.15 bits per heavy atom. The summed E-state index contributed by atoms with van der Waals surface area (Å²) in [6.07, 6.45) is 4.94. The van der Waals surface area contributed by atoms with Gasteiger partial charge in [0.25, 0.3) is 0 Å². The Bertz CT molecular complexity index is 379. The Balaban J connectivity index is 2.25. The fourth-order valence-corrected chi connectivity index (χ4v) is 2.55. The monoisotopic (exact) mass is 341 g/mol. The van der Waals surface area contributed by atoms with Crippen LogP contribution in [0.5, 0.6) is 5.75 Å². The quantitative estimate of drug-likeness (QED) is 0.596. The standard InChI is InChI=1S/C17H28BrNO/c1-4-19-11-7-5-6-8-12-20-17-10-9-15(18)13-16(17)14(2)3/h9-10,13-14,19H,4-8,11-12H2,1-3H3. The Labute approximate surface area is 132 Å². The Kier molecular flexibility index (Phi) is 8.95. The molecule has 1 aromatic carbocycles.